The van der Waals surface area contributed by atoms with Crippen molar-refractivity contribution in [3.05, 3.63) is 0 Å². The van der Waals surface area contributed by atoms with Gasteiger partial charge in [0, 0.05) is 44.2 Å². The Kier molecular flexibility index (Phi) is 6.66. The van der Waals surface area contributed by atoms with Crippen LogP contribution in [0.4, 0.5) is 0 Å². The van der Waals surface area contributed by atoms with Gasteiger partial charge in [0.25, 0.3) is 0 Å². The number of carbonyl (C=O) groups excluding carboxylic acids is 2. The minimum absolute atomic E-state index is 0.0103. The Bertz CT molecular complexity index is 690. The van der Waals surface area contributed by atoms with Crippen LogP contribution in [-0.2, 0) is 19.6 Å². The summed E-state index contributed by atoms with van der Waals surface area (Å²) >= 11 is 0. The normalized spacial score (nSPS) is 28.6. The van der Waals surface area contributed by atoms with E-state index in [0.717, 1.165) is 45.0 Å². The van der Waals surface area contributed by atoms with E-state index in [-0.39, 0.29) is 35.9 Å². The van der Waals surface area contributed by atoms with Crippen LogP contribution in [0.1, 0.15) is 46.0 Å². The maximum Gasteiger partial charge on any atom is 0.242 e. The highest BCUT2D eigenvalue weighted by Gasteiger charge is 2.46. The second kappa shape index (κ2) is 8.67. The Morgan fingerprint density at radius 2 is 1.89 bits per heavy atom. The number of piperazine rings is 1. The van der Waals surface area contributed by atoms with Gasteiger partial charge < -0.3 is 10.2 Å². The Labute approximate surface area is 168 Å². The molecule has 0 aromatic heterocycles. The van der Waals surface area contributed by atoms with Gasteiger partial charge in [0.15, 0.2) is 0 Å². The van der Waals surface area contributed by atoms with Crippen LogP contribution in [0.15, 0.2) is 0 Å². The van der Waals surface area contributed by atoms with Crippen molar-refractivity contribution in [3.63, 3.8) is 0 Å². The van der Waals surface area contributed by atoms with Crippen molar-refractivity contribution in [2.24, 2.45) is 11.8 Å². The van der Waals surface area contributed by atoms with Crippen molar-refractivity contribution < 1.29 is 18.0 Å². The van der Waals surface area contributed by atoms with Crippen LogP contribution in [0.5, 0.6) is 0 Å². The van der Waals surface area contributed by atoms with Crippen molar-refractivity contribution >= 4 is 21.8 Å². The minimum atomic E-state index is -3.30. The molecule has 3 fully saturated rings. The van der Waals surface area contributed by atoms with Gasteiger partial charge in [-0.05, 0) is 25.2 Å². The highest BCUT2D eigenvalue weighted by atomic mass is 32.2. The number of carbonyl (C=O) groups is 2. The van der Waals surface area contributed by atoms with Gasteiger partial charge in [0.2, 0.25) is 21.8 Å². The molecule has 0 spiro atoms. The summed E-state index contributed by atoms with van der Waals surface area (Å²) in [5.74, 6) is 0.688. The number of hydrogen-bond acceptors (Lipinski definition) is 5. The first kappa shape index (κ1) is 21.5. The SMILES string of the molecule is CCC(CC)CN1C[C@@H]2C[C@H](NS(C)(=O)=O)CN2C(=O)[C@@H]1CNC(=O)C1CC1. The molecule has 0 radical (unpaired) electrons. The Balaban J connectivity index is 1.70. The van der Waals surface area contributed by atoms with Crippen molar-refractivity contribution in [2.45, 2.75) is 64.1 Å². The lowest BCUT2D eigenvalue weighted by atomic mass is 9.98. The summed E-state index contributed by atoms with van der Waals surface area (Å²) in [5.41, 5.74) is 0. The van der Waals surface area contributed by atoms with Crippen molar-refractivity contribution in [1.29, 1.82) is 0 Å². The van der Waals surface area contributed by atoms with Crippen LogP contribution in [0.3, 0.4) is 0 Å². The first-order chi connectivity index (χ1) is 13.2. The summed E-state index contributed by atoms with van der Waals surface area (Å²) in [6.45, 7) is 6.63. The highest BCUT2D eigenvalue weighted by molar-refractivity contribution is 7.88. The van der Waals surface area contributed by atoms with Crippen LogP contribution < -0.4 is 10.0 Å². The number of fused-ring (bicyclic) bond motifs is 1. The number of nitrogens with zero attached hydrogens (tertiary/aromatic N) is 2. The zero-order valence-electron chi connectivity index (χ0n) is 17.2. The molecule has 9 heteroatoms. The summed E-state index contributed by atoms with van der Waals surface area (Å²) in [6, 6.07) is -0.577. The first-order valence-corrected chi connectivity index (χ1v) is 12.4. The average Bonchev–Trinajstić information content (AvgIpc) is 3.39. The molecule has 160 valence electrons. The summed E-state index contributed by atoms with van der Waals surface area (Å²) in [5, 5.41) is 2.97. The molecular formula is C19H34N4O4S. The van der Waals surface area contributed by atoms with Gasteiger partial charge in [-0.1, -0.05) is 26.7 Å². The first-order valence-electron chi connectivity index (χ1n) is 10.5. The molecule has 0 unspecified atom stereocenters. The summed E-state index contributed by atoms with van der Waals surface area (Å²) < 4.78 is 25.9. The molecule has 2 saturated heterocycles. The minimum Gasteiger partial charge on any atom is -0.354 e. The number of amides is 2. The monoisotopic (exact) mass is 414 g/mol. The quantitative estimate of drug-likeness (QED) is 0.560. The average molecular weight is 415 g/mol. The van der Waals surface area contributed by atoms with E-state index >= 15 is 0 Å². The van der Waals surface area contributed by atoms with Gasteiger partial charge in [-0.2, -0.15) is 0 Å². The zero-order chi connectivity index (χ0) is 20.5. The fourth-order valence-electron chi connectivity index (χ4n) is 4.48. The maximum absolute atomic E-state index is 13.2. The molecule has 8 nitrogen and oxygen atoms in total. The Morgan fingerprint density at radius 1 is 1.21 bits per heavy atom. The van der Waals surface area contributed by atoms with E-state index in [9.17, 15) is 18.0 Å². The largest absolute Gasteiger partial charge is 0.354 e. The van der Waals surface area contributed by atoms with E-state index in [2.05, 4.69) is 28.8 Å². The summed E-state index contributed by atoms with van der Waals surface area (Å²) in [4.78, 5) is 29.4. The lowest BCUT2D eigenvalue weighted by Gasteiger charge is -2.44. The molecule has 3 aliphatic rings. The second-order valence-electron chi connectivity index (χ2n) is 8.64. The van der Waals surface area contributed by atoms with Crippen LogP contribution in [0.2, 0.25) is 0 Å². The third-order valence-electron chi connectivity index (χ3n) is 6.31. The highest BCUT2D eigenvalue weighted by Crippen LogP contribution is 2.30. The van der Waals surface area contributed by atoms with Gasteiger partial charge in [0.1, 0.15) is 6.04 Å². The van der Waals surface area contributed by atoms with Gasteiger partial charge in [-0.25, -0.2) is 13.1 Å². The van der Waals surface area contributed by atoms with Crippen molar-refractivity contribution in [2.75, 3.05) is 32.4 Å². The molecule has 3 atom stereocenters. The molecule has 1 saturated carbocycles. The topological polar surface area (TPSA) is 98.8 Å². The zero-order valence-corrected chi connectivity index (χ0v) is 18.0. The molecule has 2 amide bonds. The molecule has 1 aliphatic carbocycles. The lowest BCUT2D eigenvalue weighted by molar-refractivity contribution is -0.144. The predicted octanol–water partition coefficient (Wildman–Crippen LogP) is 0.152. The third kappa shape index (κ3) is 5.24. The molecule has 2 aliphatic heterocycles. The van der Waals surface area contributed by atoms with Crippen LogP contribution in [-0.4, -0.2) is 80.6 Å². The second-order valence-corrected chi connectivity index (χ2v) is 10.4. The number of nitrogens with one attached hydrogen (secondary N) is 2. The fourth-order valence-corrected chi connectivity index (χ4v) is 5.25. The van der Waals surface area contributed by atoms with Crippen LogP contribution in [0, 0.1) is 11.8 Å². The van der Waals surface area contributed by atoms with Gasteiger partial charge in [-0.3, -0.25) is 14.5 Å². The van der Waals surface area contributed by atoms with E-state index < -0.39 is 10.0 Å². The van der Waals surface area contributed by atoms with Crippen LogP contribution in [0.25, 0.3) is 0 Å². The molecule has 2 N–H and O–H groups in total. The third-order valence-corrected chi connectivity index (χ3v) is 7.08. The Morgan fingerprint density at radius 3 is 2.46 bits per heavy atom. The van der Waals surface area contributed by atoms with Crippen molar-refractivity contribution in [1.82, 2.24) is 19.8 Å². The standard InChI is InChI=1S/C19H34N4O4S/c1-4-13(5-2)10-22-12-16-8-15(21-28(3,26)27)11-23(16)19(25)17(22)9-20-18(24)14-6-7-14/h13-17,21H,4-12H2,1-3H3,(H,20,24)/t15-,16-,17-/m0/s1. The van der Waals surface area contributed by atoms with E-state index in [1.807, 2.05) is 4.90 Å². The summed E-state index contributed by atoms with van der Waals surface area (Å²) in [7, 11) is -3.30. The number of rotatable bonds is 9. The van der Waals surface area contributed by atoms with Gasteiger partial charge in [0.05, 0.1) is 6.26 Å². The number of sulfonamides is 1. The molecule has 2 heterocycles. The summed E-state index contributed by atoms with van der Waals surface area (Å²) in [6.07, 6.45) is 5.77. The smallest absolute Gasteiger partial charge is 0.242 e. The molecular weight excluding hydrogens is 380 g/mol. The predicted molar refractivity (Wildman–Crippen MR) is 107 cm³/mol. The Hall–Kier alpha value is -1.19. The molecule has 0 aromatic carbocycles. The van der Waals surface area contributed by atoms with E-state index in [1.54, 1.807) is 0 Å². The van der Waals surface area contributed by atoms with Crippen LogP contribution >= 0.6 is 0 Å². The van der Waals surface area contributed by atoms with Gasteiger partial charge in [-0.15, -0.1) is 0 Å². The molecule has 28 heavy (non-hydrogen) atoms. The lowest BCUT2D eigenvalue weighted by Crippen LogP contribution is -2.63. The van der Waals surface area contributed by atoms with E-state index in [4.69, 9.17) is 0 Å². The molecule has 0 bridgehead atoms. The van der Waals surface area contributed by atoms with Crippen molar-refractivity contribution in [3.8, 4) is 0 Å². The molecule has 3 rings (SSSR count). The maximum atomic E-state index is 13.2. The van der Waals surface area contributed by atoms with E-state index in [1.165, 1.54) is 0 Å². The van der Waals surface area contributed by atoms with Gasteiger partial charge >= 0.3 is 0 Å². The van der Waals surface area contributed by atoms with E-state index in [0.29, 0.717) is 25.4 Å². The molecule has 0 aromatic rings. The number of hydrogen-bond donors (Lipinski definition) is 2. The fraction of sp³-hybridized carbons (Fsp3) is 0.895.